The highest BCUT2D eigenvalue weighted by atomic mass is 16.5. The molecule has 0 rings (SSSR count). The molecule has 0 aliphatic heterocycles. The molecule has 0 amide bonds. The Bertz CT molecular complexity index is 356. The minimum Gasteiger partial charge on any atom is -0.396 e. The first-order chi connectivity index (χ1) is 11.5. The van der Waals surface area contributed by atoms with Gasteiger partial charge in [0.25, 0.3) is 0 Å². The quantitative estimate of drug-likeness (QED) is 0.256. The summed E-state index contributed by atoms with van der Waals surface area (Å²) in [7, 11) is 0. The van der Waals surface area contributed by atoms with Crippen molar-refractivity contribution < 1.29 is 35.4 Å². The Morgan fingerprint density at radius 1 is 0.680 bits per heavy atom. The Morgan fingerprint density at radius 3 is 1.44 bits per heavy atom. The van der Waals surface area contributed by atoms with Crippen molar-refractivity contribution in [3.05, 3.63) is 0 Å². The first kappa shape index (κ1) is 24.7. The van der Waals surface area contributed by atoms with Crippen molar-refractivity contribution >= 4 is 0 Å². The Balaban J connectivity index is 5.26. The molecule has 0 saturated heterocycles. The normalized spacial score (nSPS) is 18.0. The summed E-state index contributed by atoms with van der Waals surface area (Å²) in [6.45, 7) is 5.36. The zero-order valence-electron chi connectivity index (χ0n) is 16.2. The lowest BCUT2D eigenvalue weighted by Crippen LogP contribution is -2.48. The second-order valence-corrected chi connectivity index (χ2v) is 8.09. The van der Waals surface area contributed by atoms with E-state index in [2.05, 4.69) is 0 Å². The zero-order chi connectivity index (χ0) is 19.8. The molecule has 0 heterocycles. The van der Waals surface area contributed by atoms with Crippen LogP contribution < -0.4 is 0 Å². The minimum atomic E-state index is -1.07. The lowest BCUT2D eigenvalue weighted by molar-refractivity contribution is -0.149. The van der Waals surface area contributed by atoms with Crippen LogP contribution in [0.2, 0.25) is 0 Å². The van der Waals surface area contributed by atoms with Crippen LogP contribution in [0.25, 0.3) is 0 Å². The largest absolute Gasteiger partial charge is 0.396 e. The van der Waals surface area contributed by atoms with E-state index >= 15 is 0 Å². The van der Waals surface area contributed by atoms with Gasteiger partial charge >= 0.3 is 0 Å². The average Bonchev–Trinajstić information content (AvgIpc) is 2.63. The second-order valence-electron chi connectivity index (χ2n) is 8.09. The fourth-order valence-corrected chi connectivity index (χ4v) is 2.95. The molecule has 0 aromatic carbocycles. The molecule has 152 valence electrons. The summed E-state index contributed by atoms with van der Waals surface area (Å²) in [6.07, 6.45) is 1.42. The van der Waals surface area contributed by atoms with E-state index in [1.807, 2.05) is 13.8 Å². The van der Waals surface area contributed by atoms with Crippen molar-refractivity contribution in [2.75, 3.05) is 39.6 Å². The molecule has 6 N–H and O–H groups in total. The third kappa shape index (κ3) is 7.09. The van der Waals surface area contributed by atoms with E-state index in [1.165, 1.54) is 0 Å². The van der Waals surface area contributed by atoms with Gasteiger partial charge in [0, 0.05) is 10.8 Å². The van der Waals surface area contributed by atoms with Crippen LogP contribution in [0.1, 0.15) is 53.4 Å². The van der Waals surface area contributed by atoms with Gasteiger partial charge in [-0.2, -0.15) is 0 Å². The average molecular weight is 366 g/mol. The van der Waals surface area contributed by atoms with Gasteiger partial charge in [-0.05, 0) is 39.5 Å². The first-order valence-corrected chi connectivity index (χ1v) is 8.95. The van der Waals surface area contributed by atoms with Crippen molar-refractivity contribution in [1.82, 2.24) is 0 Å². The molecule has 1 unspecified atom stereocenters. The summed E-state index contributed by atoms with van der Waals surface area (Å²) < 4.78 is 6.01. The zero-order valence-corrected chi connectivity index (χ0v) is 16.2. The van der Waals surface area contributed by atoms with Crippen LogP contribution in [0.3, 0.4) is 0 Å². The van der Waals surface area contributed by atoms with E-state index in [0.29, 0.717) is 12.8 Å². The Morgan fingerprint density at radius 2 is 1.12 bits per heavy atom. The highest BCUT2D eigenvalue weighted by Gasteiger charge is 2.42. The molecule has 0 spiro atoms. The SMILES string of the molecule is CCC(C)(O)CC(CO)(CO)CO[C@](C)(CC)CC(CO)(CO)CO. The van der Waals surface area contributed by atoms with Gasteiger partial charge in [0.2, 0.25) is 0 Å². The van der Waals surface area contributed by atoms with E-state index in [9.17, 15) is 30.6 Å². The van der Waals surface area contributed by atoms with Gasteiger partial charge in [0.15, 0.2) is 0 Å². The number of rotatable bonds is 14. The van der Waals surface area contributed by atoms with Crippen molar-refractivity contribution in [2.45, 2.75) is 64.6 Å². The maximum absolute atomic E-state index is 10.3. The number of ether oxygens (including phenoxy) is 1. The summed E-state index contributed by atoms with van der Waals surface area (Å²) in [5, 5.41) is 58.6. The molecule has 0 radical (unpaired) electrons. The molecule has 7 heteroatoms. The predicted molar refractivity (Wildman–Crippen MR) is 95.1 cm³/mol. The van der Waals surface area contributed by atoms with Gasteiger partial charge < -0.3 is 35.4 Å². The fourth-order valence-electron chi connectivity index (χ4n) is 2.95. The van der Waals surface area contributed by atoms with Crippen molar-refractivity contribution in [1.29, 1.82) is 0 Å². The van der Waals surface area contributed by atoms with Gasteiger partial charge in [-0.1, -0.05) is 13.8 Å². The van der Waals surface area contributed by atoms with Crippen LogP contribution in [-0.2, 0) is 4.74 Å². The summed E-state index contributed by atoms with van der Waals surface area (Å²) in [4.78, 5) is 0. The monoisotopic (exact) mass is 366 g/mol. The second kappa shape index (κ2) is 10.2. The molecule has 0 fully saturated rings. The Kier molecular flexibility index (Phi) is 10.0. The van der Waals surface area contributed by atoms with Crippen molar-refractivity contribution in [3.8, 4) is 0 Å². The lowest BCUT2D eigenvalue weighted by atomic mass is 9.76. The van der Waals surface area contributed by atoms with Gasteiger partial charge in [0.05, 0.1) is 50.8 Å². The molecular formula is C18H38O7. The Labute approximate surface area is 151 Å². The number of aliphatic hydroxyl groups excluding tert-OH is 5. The maximum atomic E-state index is 10.3. The molecule has 0 bridgehead atoms. The fraction of sp³-hybridized carbons (Fsp3) is 1.00. The van der Waals surface area contributed by atoms with Crippen LogP contribution in [0, 0.1) is 10.8 Å². The third-order valence-electron chi connectivity index (χ3n) is 5.42. The highest BCUT2D eigenvalue weighted by Crippen LogP contribution is 2.36. The third-order valence-corrected chi connectivity index (χ3v) is 5.42. The molecule has 0 aromatic rings. The van der Waals surface area contributed by atoms with Gasteiger partial charge in [0.1, 0.15) is 0 Å². The molecule has 25 heavy (non-hydrogen) atoms. The summed E-state index contributed by atoms with van der Waals surface area (Å²) in [6, 6.07) is 0. The molecule has 0 aliphatic carbocycles. The summed E-state index contributed by atoms with van der Waals surface area (Å²) >= 11 is 0. The van der Waals surface area contributed by atoms with Crippen molar-refractivity contribution in [3.63, 3.8) is 0 Å². The highest BCUT2D eigenvalue weighted by molar-refractivity contribution is 4.91. The smallest absolute Gasteiger partial charge is 0.0660 e. The number of hydrogen-bond acceptors (Lipinski definition) is 7. The number of aliphatic hydroxyl groups is 6. The van der Waals surface area contributed by atoms with Crippen molar-refractivity contribution in [2.24, 2.45) is 10.8 Å². The summed E-state index contributed by atoms with van der Waals surface area (Å²) in [5.74, 6) is 0. The van der Waals surface area contributed by atoms with E-state index < -0.39 is 22.0 Å². The minimum absolute atomic E-state index is 0.0128. The first-order valence-electron chi connectivity index (χ1n) is 8.95. The lowest BCUT2D eigenvalue weighted by Gasteiger charge is -2.42. The van der Waals surface area contributed by atoms with E-state index in [4.69, 9.17) is 4.74 Å². The summed E-state index contributed by atoms with van der Waals surface area (Å²) in [5.41, 5.74) is -3.89. The molecule has 0 aromatic heterocycles. The molecule has 0 aliphatic rings. The van der Waals surface area contributed by atoms with E-state index in [0.717, 1.165) is 0 Å². The van der Waals surface area contributed by atoms with Gasteiger partial charge in [-0.3, -0.25) is 0 Å². The molecular weight excluding hydrogens is 328 g/mol. The van der Waals surface area contributed by atoms with Crippen LogP contribution in [0.5, 0.6) is 0 Å². The van der Waals surface area contributed by atoms with Crippen LogP contribution in [0.4, 0.5) is 0 Å². The van der Waals surface area contributed by atoms with E-state index in [-0.39, 0.29) is 52.5 Å². The van der Waals surface area contributed by atoms with Gasteiger partial charge in [-0.15, -0.1) is 0 Å². The van der Waals surface area contributed by atoms with Gasteiger partial charge in [-0.25, -0.2) is 0 Å². The van der Waals surface area contributed by atoms with E-state index in [1.54, 1.807) is 13.8 Å². The topological polar surface area (TPSA) is 131 Å². The van der Waals surface area contributed by atoms with Crippen LogP contribution >= 0.6 is 0 Å². The van der Waals surface area contributed by atoms with Crippen LogP contribution in [0.15, 0.2) is 0 Å². The molecule has 2 atom stereocenters. The standard InChI is InChI=1S/C18H38O7/c1-5-15(3,24)7-18(12-22,13-23)14-25-16(4,6-2)8-17(9-19,10-20)11-21/h19-24H,5-14H2,1-4H3/t15?,16-/m1/s1. The molecule has 7 nitrogen and oxygen atoms in total. The number of hydrogen-bond donors (Lipinski definition) is 6. The predicted octanol–water partition coefficient (Wildman–Crippen LogP) is 0.0472. The maximum Gasteiger partial charge on any atom is 0.0660 e. The Hall–Kier alpha value is -0.280. The van der Waals surface area contributed by atoms with Crippen LogP contribution in [-0.4, -0.2) is 81.5 Å². The molecule has 0 saturated carbocycles.